The summed E-state index contributed by atoms with van der Waals surface area (Å²) in [5.41, 5.74) is 0. The maximum absolute atomic E-state index is 13.2. The number of carbonyl (C=O) groups is 1. The van der Waals surface area contributed by atoms with Crippen molar-refractivity contribution < 1.29 is 18.0 Å². The molecule has 1 aromatic carbocycles. The van der Waals surface area contributed by atoms with Gasteiger partial charge in [-0.1, -0.05) is 11.8 Å². The van der Waals surface area contributed by atoms with Gasteiger partial charge in [-0.25, -0.2) is 13.8 Å². The Morgan fingerprint density at radius 2 is 1.96 bits per heavy atom. The van der Waals surface area contributed by atoms with Gasteiger partial charge in [-0.3, -0.25) is 4.79 Å². The van der Waals surface area contributed by atoms with Crippen molar-refractivity contribution in [3.8, 4) is 0 Å². The van der Waals surface area contributed by atoms with Crippen LogP contribution in [0, 0.1) is 17.6 Å². The monoisotopic (exact) mass is 365 g/mol. The second-order valence-electron chi connectivity index (χ2n) is 6.41. The Labute approximate surface area is 147 Å². The molecule has 0 saturated carbocycles. The van der Waals surface area contributed by atoms with E-state index in [9.17, 15) is 13.6 Å². The van der Waals surface area contributed by atoms with E-state index in [4.69, 9.17) is 4.42 Å². The van der Waals surface area contributed by atoms with E-state index in [0.29, 0.717) is 15.9 Å². The lowest BCUT2D eigenvalue weighted by Gasteiger charge is -2.44. The number of amides is 1. The molecule has 0 aliphatic carbocycles. The lowest BCUT2D eigenvalue weighted by atomic mass is 9.84. The summed E-state index contributed by atoms with van der Waals surface area (Å²) in [4.78, 5) is 19.0. The SMILES string of the molecule is O=C(NC1CN2CCC1CC2)c1ncc(Sc2cc(F)cc(F)c2)o1. The van der Waals surface area contributed by atoms with Gasteiger partial charge in [-0.05, 0) is 44.0 Å². The average molecular weight is 365 g/mol. The van der Waals surface area contributed by atoms with Crippen LogP contribution >= 0.6 is 11.8 Å². The van der Waals surface area contributed by atoms with Crippen LogP contribution in [0.5, 0.6) is 0 Å². The molecule has 0 spiro atoms. The van der Waals surface area contributed by atoms with Crippen molar-refractivity contribution in [2.24, 2.45) is 5.92 Å². The molecule has 0 radical (unpaired) electrons. The summed E-state index contributed by atoms with van der Waals surface area (Å²) in [6.45, 7) is 3.06. The molecule has 3 fully saturated rings. The normalized spacial score (nSPS) is 25.1. The Hall–Kier alpha value is -1.93. The third-order valence-electron chi connectivity index (χ3n) is 4.71. The zero-order chi connectivity index (χ0) is 17.4. The molecule has 5 nitrogen and oxygen atoms in total. The van der Waals surface area contributed by atoms with E-state index in [0.717, 1.165) is 50.3 Å². The van der Waals surface area contributed by atoms with Gasteiger partial charge in [0.25, 0.3) is 5.89 Å². The highest BCUT2D eigenvalue weighted by Crippen LogP contribution is 2.30. The van der Waals surface area contributed by atoms with Crippen LogP contribution in [-0.2, 0) is 0 Å². The average Bonchev–Trinajstić information content (AvgIpc) is 3.03. The van der Waals surface area contributed by atoms with Crippen molar-refractivity contribution in [3.05, 3.63) is 41.9 Å². The van der Waals surface area contributed by atoms with E-state index < -0.39 is 11.6 Å². The predicted octanol–water partition coefficient (Wildman–Crippen LogP) is 2.93. The first kappa shape index (κ1) is 16.5. The first-order valence-electron chi connectivity index (χ1n) is 8.20. The number of rotatable bonds is 4. The molecule has 8 heteroatoms. The van der Waals surface area contributed by atoms with Crippen LogP contribution in [0.1, 0.15) is 23.5 Å². The largest absolute Gasteiger partial charge is 0.425 e. The van der Waals surface area contributed by atoms with Gasteiger partial charge in [0, 0.05) is 23.5 Å². The van der Waals surface area contributed by atoms with Gasteiger partial charge >= 0.3 is 5.91 Å². The molecule has 1 unspecified atom stereocenters. The van der Waals surface area contributed by atoms with Crippen molar-refractivity contribution in [2.45, 2.75) is 28.9 Å². The number of piperidine rings is 3. The van der Waals surface area contributed by atoms with E-state index in [2.05, 4.69) is 15.2 Å². The highest BCUT2D eigenvalue weighted by molar-refractivity contribution is 7.99. The summed E-state index contributed by atoms with van der Waals surface area (Å²) in [5, 5.41) is 3.31. The topological polar surface area (TPSA) is 58.4 Å². The molecule has 1 N–H and O–H groups in total. The van der Waals surface area contributed by atoms with Crippen molar-refractivity contribution in [1.29, 1.82) is 0 Å². The third kappa shape index (κ3) is 3.69. The molecular formula is C17H17F2N3O2S. The molecule has 1 amide bonds. The zero-order valence-corrected chi connectivity index (χ0v) is 14.2. The van der Waals surface area contributed by atoms with Gasteiger partial charge in [0.2, 0.25) is 0 Å². The number of carbonyl (C=O) groups excluding carboxylic acids is 1. The zero-order valence-electron chi connectivity index (χ0n) is 13.4. The molecule has 3 saturated heterocycles. The third-order valence-corrected chi connectivity index (χ3v) is 5.57. The molecule has 2 bridgehead atoms. The van der Waals surface area contributed by atoms with E-state index in [1.165, 1.54) is 18.3 Å². The molecule has 1 aromatic heterocycles. The van der Waals surface area contributed by atoms with Gasteiger partial charge in [0.15, 0.2) is 5.09 Å². The quantitative estimate of drug-likeness (QED) is 0.903. The van der Waals surface area contributed by atoms with Gasteiger partial charge in [-0.2, -0.15) is 0 Å². The molecule has 25 heavy (non-hydrogen) atoms. The summed E-state index contributed by atoms with van der Waals surface area (Å²) in [6, 6.07) is 3.32. The number of benzene rings is 1. The van der Waals surface area contributed by atoms with Crippen molar-refractivity contribution in [2.75, 3.05) is 19.6 Å². The molecular weight excluding hydrogens is 348 g/mol. The second kappa shape index (κ2) is 6.76. The molecule has 4 heterocycles. The summed E-state index contributed by atoms with van der Waals surface area (Å²) < 4.78 is 31.9. The van der Waals surface area contributed by atoms with Crippen LogP contribution in [0.15, 0.2) is 38.8 Å². The van der Waals surface area contributed by atoms with E-state index in [-0.39, 0.29) is 17.8 Å². The smallest absolute Gasteiger partial charge is 0.307 e. The summed E-state index contributed by atoms with van der Waals surface area (Å²) in [7, 11) is 0. The summed E-state index contributed by atoms with van der Waals surface area (Å²) in [6.07, 6.45) is 3.59. The number of oxazole rings is 1. The van der Waals surface area contributed by atoms with Crippen LogP contribution in [0.2, 0.25) is 0 Å². The number of halogens is 2. The van der Waals surface area contributed by atoms with Crippen LogP contribution in [0.3, 0.4) is 0 Å². The van der Waals surface area contributed by atoms with Crippen molar-refractivity contribution >= 4 is 17.7 Å². The molecule has 5 rings (SSSR count). The predicted molar refractivity (Wildman–Crippen MR) is 87.4 cm³/mol. The van der Waals surface area contributed by atoms with Crippen LogP contribution in [0.4, 0.5) is 8.78 Å². The Morgan fingerprint density at radius 3 is 2.60 bits per heavy atom. The minimum atomic E-state index is -0.665. The lowest BCUT2D eigenvalue weighted by Crippen LogP contribution is -2.57. The summed E-state index contributed by atoms with van der Waals surface area (Å²) >= 11 is 1.01. The number of nitrogens with zero attached hydrogens (tertiary/aromatic N) is 2. The highest BCUT2D eigenvalue weighted by atomic mass is 32.2. The Balaban J connectivity index is 1.41. The Kier molecular flexibility index (Phi) is 4.47. The standard InChI is InChI=1S/C17H17F2N3O2S/c18-11-5-12(19)7-13(6-11)25-15-8-20-17(24-15)16(23)21-14-9-22-3-1-10(14)2-4-22/h5-8,10,14H,1-4,9H2,(H,21,23). The fraction of sp³-hybridized carbons (Fsp3) is 0.412. The van der Waals surface area contributed by atoms with Gasteiger partial charge < -0.3 is 14.6 Å². The van der Waals surface area contributed by atoms with E-state index in [1.54, 1.807) is 0 Å². The first-order valence-corrected chi connectivity index (χ1v) is 9.01. The highest BCUT2D eigenvalue weighted by Gasteiger charge is 2.35. The van der Waals surface area contributed by atoms with E-state index >= 15 is 0 Å². The first-order chi connectivity index (χ1) is 12.1. The maximum Gasteiger partial charge on any atom is 0.307 e. The number of aromatic nitrogens is 1. The molecule has 1 atom stereocenters. The number of hydrogen-bond donors (Lipinski definition) is 1. The minimum absolute atomic E-state index is 0.0316. The van der Waals surface area contributed by atoms with Gasteiger partial charge in [0.1, 0.15) is 11.6 Å². The van der Waals surface area contributed by atoms with Crippen molar-refractivity contribution in [1.82, 2.24) is 15.2 Å². The number of hydrogen-bond acceptors (Lipinski definition) is 5. The Morgan fingerprint density at radius 1 is 1.24 bits per heavy atom. The van der Waals surface area contributed by atoms with Gasteiger partial charge in [-0.15, -0.1) is 0 Å². The molecule has 3 aliphatic rings. The lowest BCUT2D eigenvalue weighted by molar-refractivity contribution is 0.0599. The molecule has 132 valence electrons. The van der Waals surface area contributed by atoms with Gasteiger partial charge in [0.05, 0.1) is 6.20 Å². The van der Waals surface area contributed by atoms with Crippen LogP contribution in [0.25, 0.3) is 0 Å². The Bertz CT molecular complexity index is 770. The van der Waals surface area contributed by atoms with Crippen molar-refractivity contribution in [3.63, 3.8) is 0 Å². The summed E-state index contributed by atoms with van der Waals surface area (Å²) in [5.74, 6) is -1.20. The minimum Gasteiger partial charge on any atom is -0.425 e. The molecule has 3 aliphatic heterocycles. The number of fused-ring (bicyclic) bond motifs is 3. The second-order valence-corrected chi connectivity index (χ2v) is 7.49. The van der Waals surface area contributed by atoms with Crippen LogP contribution < -0.4 is 5.32 Å². The fourth-order valence-electron chi connectivity index (χ4n) is 3.47. The fourth-order valence-corrected chi connectivity index (χ4v) is 4.28. The van der Waals surface area contributed by atoms with E-state index in [1.807, 2.05) is 0 Å². The maximum atomic E-state index is 13.2. The number of nitrogens with one attached hydrogen (secondary N) is 1. The molecule has 2 aromatic rings. The van der Waals surface area contributed by atoms with Crippen LogP contribution in [-0.4, -0.2) is 41.5 Å².